The van der Waals surface area contributed by atoms with Crippen LogP contribution >= 0.6 is 0 Å². The summed E-state index contributed by atoms with van der Waals surface area (Å²) >= 11 is 0. The van der Waals surface area contributed by atoms with Gasteiger partial charge in [0.15, 0.2) is 0 Å². The summed E-state index contributed by atoms with van der Waals surface area (Å²) in [5.74, 6) is 0.506. The third-order valence-electron chi connectivity index (χ3n) is 6.16. The van der Waals surface area contributed by atoms with E-state index in [4.69, 9.17) is 0 Å². The van der Waals surface area contributed by atoms with Gasteiger partial charge >= 0.3 is 0 Å². The Morgan fingerprint density at radius 3 is 1.92 bits per heavy atom. The van der Waals surface area contributed by atoms with Gasteiger partial charge < -0.3 is 0 Å². The number of halogens is 1. The molecule has 0 bridgehead atoms. The van der Waals surface area contributed by atoms with E-state index in [1.54, 1.807) is 12.1 Å². The predicted molar refractivity (Wildman–Crippen MR) is 103 cm³/mol. The van der Waals surface area contributed by atoms with Crippen molar-refractivity contribution in [2.45, 2.75) is 33.6 Å². The lowest BCUT2D eigenvalue weighted by Gasteiger charge is -2.23. The highest BCUT2D eigenvalue weighted by Gasteiger charge is 2.36. The van der Waals surface area contributed by atoms with E-state index in [2.05, 4.69) is 52.0 Å². The summed E-state index contributed by atoms with van der Waals surface area (Å²) in [6, 6.07) is 15.6. The second-order valence-corrected chi connectivity index (χ2v) is 7.27. The Balaban J connectivity index is 1.90. The highest BCUT2D eigenvalue weighted by Crippen LogP contribution is 2.51. The molecule has 0 nitrogen and oxygen atoms in total. The summed E-state index contributed by atoms with van der Waals surface area (Å²) in [5, 5.41) is 0. The minimum Gasteiger partial charge on any atom is -0.206 e. The maximum Gasteiger partial charge on any atom is 0.131 e. The van der Waals surface area contributed by atoms with Crippen molar-refractivity contribution >= 4 is 5.57 Å². The van der Waals surface area contributed by atoms with Gasteiger partial charge in [-0.25, -0.2) is 4.39 Å². The van der Waals surface area contributed by atoms with Crippen molar-refractivity contribution in [1.29, 1.82) is 0 Å². The summed E-state index contributed by atoms with van der Waals surface area (Å²) in [4.78, 5) is 0. The minimum atomic E-state index is -0.150. The first-order valence-corrected chi connectivity index (χ1v) is 8.92. The van der Waals surface area contributed by atoms with Crippen LogP contribution in [0.1, 0.15) is 50.3 Å². The van der Waals surface area contributed by atoms with E-state index >= 15 is 0 Å². The van der Waals surface area contributed by atoms with E-state index in [1.165, 1.54) is 33.4 Å². The van der Waals surface area contributed by atoms with Crippen LogP contribution in [0.25, 0.3) is 5.57 Å². The topological polar surface area (TPSA) is 0 Å². The Morgan fingerprint density at radius 2 is 1.28 bits per heavy atom. The molecule has 0 amide bonds. The van der Waals surface area contributed by atoms with Crippen molar-refractivity contribution in [3.8, 4) is 0 Å². The number of hydrogen-bond acceptors (Lipinski definition) is 0. The van der Waals surface area contributed by atoms with Gasteiger partial charge in [0.1, 0.15) is 5.82 Å². The maximum atomic E-state index is 14.5. The zero-order chi connectivity index (χ0) is 17.7. The number of rotatable bonds is 2. The van der Waals surface area contributed by atoms with Crippen LogP contribution in [0.4, 0.5) is 4.39 Å². The molecule has 2 aromatic rings. The van der Waals surface area contributed by atoms with Gasteiger partial charge in [-0.3, -0.25) is 0 Å². The fourth-order valence-corrected chi connectivity index (χ4v) is 4.50. The molecule has 0 heterocycles. The van der Waals surface area contributed by atoms with Crippen LogP contribution in [0.5, 0.6) is 0 Å². The smallest absolute Gasteiger partial charge is 0.131 e. The first kappa shape index (κ1) is 16.1. The Labute approximate surface area is 149 Å². The Bertz CT molecular complexity index is 932. The van der Waals surface area contributed by atoms with Crippen molar-refractivity contribution in [3.63, 3.8) is 0 Å². The third kappa shape index (κ3) is 2.33. The lowest BCUT2D eigenvalue weighted by atomic mass is 9.81. The molecule has 0 fully saturated rings. The van der Waals surface area contributed by atoms with Gasteiger partial charge in [-0.1, -0.05) is 59.7 Å². The largest absolute Gasteiger partial charge is 0.206 e. The van der Waals surface area contributed by atoms with Gasteiger partial charge in [-0.05, 0) is 61.6 Å². The standard InChI is InChI=1S/C24H23F/c1-14-15(2)17(4)24(16(14)3)22-13-21(18-9-5-6-10-19(18)22)20-11-7-8-12-23(20)25/h5-13,22,24H,1-4H3. The summed E-state index contributed by atoms with van der Waals surface area (Å²) in [5.41, 5.74) is 9.92. The molecule has 0 N–H and O–H groups in total. The SMILES string of the molecule is CC1=C(C)C(C2C=C(c3ccccc3F)c3ccccc32)C(C)=C1C. The Kier molecular flexibility index (Phi) is 3.76. The lowest BCUT2D eigenvalue weighted by Crippen LogP contribution is -2.11. The summed E-state index contributed by atoms with van der Waals surface area (Å²) < 4.78 is 14.5. The monoisotopic (exact) mass is 330 g/mol. The Hall–Kier alpha value is -2.41. The molecule has 1 unspecified atom stereocenters. The van der Waals surface area contributed by atoms with Crippen molar-refractivity contribution in [2.75, 3.05) is 0 Å². The van der Waals surface area contributed by atoms with E-state index in [0.29, 0.717) is 11.5 Å². The predicted octanol–water partition coefficient (Wildman–Crippen LogP) is 6.66. The molecular formula is C24H23F. The molecule has 0 saturated carbocycles. The molecular weight excluding hydrogens is 307 g/mol. The van der Waals surface area contributed by atoms with Crippen molar-refractivity contribution < 1.29 is 4.39 Å². The van der Waals surface area contributed by atoms with E-state index < -0.39 is 0 Å². The van der Waals surface area contributed by atoms with Gasteiger partial charge in [-0.15, -0.1) is 0 Å². The van der Waals surface area contributed by atoms with E-state index in [0.717, 1.165) is 5.57 Å². The van der Waals surface area contributed by atoms with Crippen LogP contribution in [0, 0.1) is 11.7 Å². The fourth-order valence-electron chi connectivity index (χ4n) is 4.50. The van der Waals surface area contributed by atoms with Crippen molar-refractivity contribution in [3.05, 3.63) is 99.4 Å². The Morgan fingerprint density at radius 1 is 0.720 bits per heavy atom. The summed E-state index contributed by atoms with van der Waals surface area (Å²) in [6.07, 6.45) is 2.28. The second-order valence-electron chi connectivity index (χ2n) is 7.27. The molecule has 0 radical (unpaired) electrons. The first-order valence-electron chi connectivity index (χ1n) is 8.92. The molecule has 0 aliphatic heterocycles. The van der Waals surface area contributed by atoms with Gasteiger partial charge in [0.05, 0.1) is 0 Å². The molecule has 0 saturated heterocycles. The van der Waals surface area contributed by atoms with Crippen LogP contribution in [0.2, 0.25) is 0 Å². The fraction of sp³-hybridized carbons (Fsp3) is 0.250. The van der Waals surface area contributed by atoms with Crippen molar-refractivity contribution in [2.24, 2.45) is 5.92 Å². The lowest BCUT2D eigenvalue weighted by molar-refractivity contribution is 0.624. The van der Waals surface area contributed by atoms with Crippen LogP contribution in [0.15, 0.2) is 76.9 Å². The summed E-state index contributed by atoms with van der Waals surface area (Å²) in [6.45, 7) is 8.93. The number of fused-ring (bicyclic) bond motifs is 1. The van der Waals surface area contributed by atoms with Crippen LogP contribution in [-0.4, -0.2) is 0 Å². The number of allylic oxidation sites excluding steroid dienone is 5. The molecule has 1 heteroatoms. The molecule has 0 spiro atoms. The zero-order valence-corrected chi connectivity index (χ0v) is 15.2. The molecule has 4 rings (SSSR count). The molecule has 0 aromatic heterocycles. The van der Waals surface area contributed by atoms with Crippen LogP contribution in [-0.2, 0) is 0 Å². The number of hydrogen-bond donors (Lipinski definition) is 0. The highest BCUT2D eigenvalue weighted by molar-refractivity contribution is 5.86. The molecule has 126 valence electrons. The first-order chi connectivity index (χ1) is 12.0. The summed E-state index contributed by atoms with van der Waals surface area (Å²) in [7, 11) is 0. The molecule has 25 heavy (non-hydrogen) atoms. The van der Waals surface area contributed by atoms with E-state index in [1.807, 2.05) is 18.2 Å². The molecule has 2 aliphatic rings. The van der Waals surface area contributed by atoms with Gasteiger partial charge in [-0.2, -0.15) is 0 Å². The minimum absolute atomic E-state index is 0.150. The third-order valence-corrected chi connectivity index (χ3v) is 6.16. The highest BCUT2D eigenvalue weighted by atomic mass is 19.1. The van der Waals surface area contributed by atoms with Gasteiger partial charge in [0.2, 0.25) is 0 Å². The molecule has 2 aliphatic carbocycles. The van der Waals surface area contributed by atoms with Gasteiger partial charge in [0.25, 0.3) is 0 Å². The zero-order valence-electron chi connectivity index (χ0n) is 15.2. The molecule has 1 atom stereocenters. The molecule has 2 aromatic carbocycles. The van der Waals surface area contributed by atoms with Crippen LogP contribution < -0.4 is 0 Å². The maximum absolute atomic E-state index is 14.5. The normalized spacial score (nSPS) is 20.4. The van der Waals surface area contributed by atoms with E-state index in [-0.39, 0.29) is 11.7 Å². The quantitative estimate of drug-likeness (QED) is 0.578. The van der Waals surface area contributed by atoms with Gasteiger partial charge in [0, 0.05) is 17.4 Å². The average molecular weight is 330 g/mol. The van der Waals surface area contributed by atoms with Crippen LogP contribution in [0.3, 0.4) is 0 Å². The number of benzene rings is 2. The van der Waals surface area contributed by atoms with E-state index in [9.17, 15) is 4.39 Å². The van der Waals surface area contributed by atoms with Crippen molar-refractivity contribution in [1.82, 2.24) is 0 Å². The average Bonchev–Trinajstić information content (AvgIpc) is 3.08. The second kappa shape index (κ2) is 5.84.